The van der Waals surface area contributed by atoms with E-state index in [-0.39, 0.29) is 11.3 Å². The summed E-state index contributed by atoms with van der Waals surface area (Å²) in [6, 6.07) is 5.34. The lowest BCUT2D eigenvalue weighted by atomic mass is 10.00. The fraction of sp³-hybridized carbons (Fsp3) is 0.267. The predicted octanol–water partition coefficient (Wildman–Crippen LogP) is 1.99. The maximum absolute atomic E-state index is 12.2. The van der Waals surface area contributed by atoms with Crippen molar-refractivity contribution in [1.29, 1.82) is 0 Å². The molecule has 23 heavy (non-hydrogen) atoms. The highest BCUT2D eigenvalue weighted by Gasteiger charge is 2.37. The Bertz CT molecular complexity index is 766. The van der Waals surface area contributed by atoms with Crippen molar-refractivity contribution in [2.45, 2.75) is 5.92 Å². The van der Waals surface area contributed by atoms with E-state index in [1.807, 2.05) is 6.07 Å². The highest BCUT2D eigenvalue weighted by Crippen LogP contribution is 2.31. The molecule has 0 saturated heterocycles. The summed E-state index contributed by atoms with van der Waals surface area (Å²) in [6.07, 6.45) is 0. The van der Waals surface area contributed by atoms with E-state index in [0.29, 0.717) is 10.9 Å². The number of benzene rings is 1. The topological polar surface area (TPSA) is 94.7 Å². The van der Waals surface area contributed by atoms with Crippen molar-refractivity contribution in [1.82, 2.24) is 4.98 Å². The SMILES string of the molecule is COC(=O)c1c(C(C(=O)OC)C(=O)OC)[nH]c2ccc(I)cc12. The molecule has 0 amide bonds. The van der Waals surface area contributed by atoms with Gasteiger partial charge in [0.15, 0.2) is 5.92 Å². The Kier molecular flexibility index (Phi) is 5.24. The van der Waals surface area contributed by atoms with Gasteiger partial charge in [-0.15, -0.1) is 0 Å². The third kappa shape index (κ3) is 3.16. The Morgan fingerprint density at radius 3 is 2.17 bits per heavy atom. The molecule has 2 aromatic rings. The van der Waals surface area contributed by atoms with Gasteiger partial charge in [-0.2, -0.15) is 0 Å². The van der Waals surface area contributed by atoms with Crippen molar-refractivity contribution in [2.75, 3.05) is 21.3 Å². The van der Waals surface area contributed by atoms with Gasteiger partial charge in [0, 0.05) is 14.5 Å². The maximum atomic E-state index is 12.2. The van der Waals surface area contributed by atoms with Crippen molar-refractivity contribution >= 4 is 51.4 Å². The molecule has 0 aliphatic heterocycles. The number of carbonyl (C=O) groups excluding carboxylic acids is 3. The average Bonchev–Trinajstić information content (AvgIpc) is 2.91. The molecule has 0 unspecified atom stereocenters. The van der Waals surface area contributed by atoms with Crippen LogP contribution in [0, 0.1) is 3.57 Å². The van der Waals surface area contributed by atoms with Gasteiger partial charge in [-0.25, -0.2) is 4.79 Å². The molecule has 0 radical (unpaired) electrons. The van der Waals surface area contributed by atoms with E-state index >= 15 is 0 Å². The van der Waals surface area contributed by atoms with Crippen LogP contribution < -0.4 is 0 Å². The quantitative estimate of drug-likeness (QED) is 0.345. The first kappa shape index (κ1) is 17.3. The normalized spacial score (nSPS) is 10.7. The van der Waals surface area contributed by atoms with Crippen molar-refractivity contribution in [2.24, 2.45) is 0 Å². The lowest BCUT2D eigenvalue weighted by Crippen LogP contribution is -2.26. The van der Waals surface area contributed by atoms with Gasteiger partial charge < -0.3 is 19.2 Å². The molecule has 0 aliphatic rings. The molecule has 1 heterocycles. The zero-order chi connectivity index (χ0) is 17.1. The molecule has 1 aromatic heterocycles. The molecule has 1 N–H and O–H groups in total. The van der Waals surface area contributed by atoms with E-state index in [4.69, 9.17) is 4.74 Å². The van der Waals surface area contributed by atoms with Gasteiger partial charge >= 0.3 is 17.9 Å². The number of ether oxygens (including phenoxy) is 3. The second kappa shape index (κ2) is 6.99. The fourth-order valence-corrected chi connectivity index (χ4v) is 2.78. The van der Waals surface area contributed by atoms with Crippen LogP contribution in [-0.4, -0.2) is 44.2 Å². The Labute approximate surface area is 145 Å². The summed E-state index contributed by atoms with van der Waals surface area (Å²) < 4.78 is 15.0. The number of aromatic amines is 1. The van der Waals surface area contributed by atoms with E-state index in [1.54, 1.807) is 12.1 Å². The number of hydrogen-bond acceptors (Lipinski definition) is 6. The van der Waals surface area contributed by atoms with E-state index in [2.05, 4.69) is 37.0 Å². The molecule has 7 nitrogen and oxygen atoms in total. The first-order valence-electron chi connectivity index (χ1n) is 6.49. The van der Waals surface area contributed by atoms with Crippen LogP contribution in [0.1, 0.15) is 22.0 Å². The van der Waals surface area contributed by atoms with Crippen LogP contribution in [-0.2, 0) is 23.8 Å². The minimum atomic E-state index is -1.40. The van der Waals surface area contributed by atoms with Gasteiger partial charge in [0.05, 0.1) is 32.6 Å². The van der Waals surface area contributed by atoms with Crippen LogP contribution in [0.5, 0.6) is 0 Å². The van der Waals surface area contributed by atoms with E-state index in [9.17, 15) is 14.4 Å². The molecule has 8 heteroatoms. The summed E-state index contributed by atoms with van der Waals surface area (Å²) in [6.45, 7) is 0. The lowest BCUT2D eigenvalue weighted by Gasteiger charge is -2.12. The number of aromatic nitrogens is 1. The van der Waals surface area contributed by atoms with Crippen molar-refractivity contribution < 1.29 is 28.6 Å². The molecular formula is C15H14INO6. The van der Waals surface area contributed by atoms with Gasteiger partial charge in [-0.3, -0.25) is 9.59 Å². The number of halogens is 1. The first-order valence-corrected chi connectivity index (χ1v) is 7.57. The number of H-pyrrole nitrogens is 1. The van der Waals surface area contributed by atoms with Crippen LogP contribution in [0.25, 0.3) is 10.9 Å². The molecule has 0 spiro atoms. The fourth-order valence-electron chi connectivity index (χ4n) is 2.29. The molecule has 122 valence electrons. The number of methoxy groups -OCH3 is 3. The van der Waals surface area contributed by atoms with Gasteiger partial charge in [0.25, 0.3) is 0 Å². The predicted molar refractivity (Wildman–Crippen MR) is 89.1 cm³/mol. The molecule has 0 aliphatic carbocycles. The third-order valence-corrected chi connectivity index (χ3v) is 4.01. The summed E-state index contributed by atoms with van der Waals surface area (Å²) in [5, 5.41) is 0.552. The van der Waals surface area contributed by atoms with Gasteiger partial charge in [0.1, 0.15) is 0 Å². The number of carbonyl (C=O) groups is 3. The van der Waals surface area contributed by atoms with Crippen molar-refractivity contribution in [3.63, 3.8) is 0 Å². The number of nitrogens with one attached hydrogen (secondary N) is 1. The largest absolute Gasteiger partial charge is 0.468 e. The molecule has 0 fully saturated rings. The summed E-state index contributed by atoms with van der Waals surface area (Å²) >= 11 is 2.10. The molecular weight excluding hydrogens is 417 g/mol. The average molecular weight is 431 g/mol. The summed E-state index contributed by atoms with van der Waals surface area (Å²) in [7, 11) is 3.54. The van der Waals surface area contributed by atoms with Crippen LogP contribution in [0.15, 0.2) is 18.2 Å². The smallest absolute Gasteiger partial charge is 0.340 e. The highest BCUT2D eigenvalue weighted by molar-refractivity contribution is 14.1. The second-order valence-corrected chi connectivity index (χ2v) is 5.82. The second-order valence-electron chi connectivity index (χ2n) is 4.57. The number of fused-ring (bicyclic) bond motifs is 1. The number of hydrogen-bond donors (Lipinski definition) is 1. The summed E-state index contributed by atoms with van der Waals surface area (Å²) in [5.74, 6) is -3.72. The third-order valence-electron chi connectivity index (χ3n) is 3.34. The zero-order valence-electron chi connectivity index (χ0n) is 12.6. The minimum absolute atomic E-state index is 0.0903. The lowest BCUT2D eigenvalue weighted by molar-refractivity contribution is -0.154. The van der Waals surface area contributed by atoms with Crippen LogP contribution >= 0.6 is 22.6 Å². The van der Waals surface area contributed by atoms with Gasteiger partial charge in [-0.1, -0.05) is 0 Å². The van der Waals surface area contributed by atoms with Crippen molar-refractivity contribution in [3.8, 4) is 0 Å². The molecule has 1 aromatic carbocycles. The molecule has 0 bridgehead atoms. The van der Waals surface area contributed by atoms with E-state index < -0.39 is 23.8 Å². The zero-order valence-corrected chi connectivity index (χ0v) is 14.8. The van der Waals surface area contributed by atoms with Crippen molar-refractivity contribution in [3.05, 3.63) is 33.0 Å². The Hall–Kier alpha value is -2.10. The minimum Gasteiger partial charge on any atom is -0.468 e. The first-order chi connectivity index (χ1) is 10.9. The van der Waals surface area contributed by atoms with Gasteiger partial charge in [0.2, 0.25) is 0 Å². The van der Waals surface area contributed by atoms with Gasteiger partial charge in [-0.05, 0) is 40.8 Å². The summed E-state index contributed by atoms with van der Waals surface area (Å²) in [4.78, 5) is 39.2. The number of rotatable bonds is 4. The standard InChI is InChI=1S/C15H14INO6/c1-21-13(18)10-8-6-7(16)4-5-9(8)17-12(10)11(14(19)22-2)15(20)23-3/h4-6,11,17H,1-3H3. The molecule has 2 rings (SSSR count). The Balaban J connectivity index is 2.77. The molecule has 0 atom stereocenters. The van der Waals surface area contributed by atoms with Crippen LogP contribution in [0.4, 0.5) is 0 Å². The van der Waals surface area contributed by atoms with E-state index in [0.717, 1.165) is 17.8 Å². The Morgan fingerprint density at radius 2 is 1.65 bits per heavy atom. The van der Waals surface area contributed by atoms with Crippen LogP contribution in [0.2, 0.25) is 0 Å². The van der Waals surface area contributed by atoms with E-state index in [1.165, 1.54) is 7.11 Å². The van der Waals surface area contributed by atoms with Crippen LogP contribution in [0.3, 0.4) is 0 Å². The monoisotopic (exact) mass is 431 g/mol. The maximum Gasteiger partial charge on any atom is 0.340 e. The molecule has 0 saturated carbocycles. The Morgan fingerprint density at radius 1 is 1.04 bits per heavy atom. The number of esters is 3. The summed E-state index contributed by atoms with van der Waals surface area (Å²) in [5.41, 5.74) is 0.799. The highest BCUT2D eigenvalue weighted by atomic mass is 127.